The lowest BCUT2D eigenvalue weighted by Gasteiger charge is -2.31. The first-order valence-corrected chi connectivity index (χ1v) is 7.31. The van der Waals surface area contributed by atoms with Gasteiger partial charge in [-0.05, 0) is 37.7 Å². The number of rotatable bonds is 3. The second-order valence-electron chi connectivity index (χ2n) is 5.64. The SMILES string of the molecule is NCc1cccnc1N1CCCC1C1CCCC1. The molecule has 18 heavy (non-hydrogen) atoms. The molecule has 2 heterocycles. The molecule has 2 aliphatic rings. The molecule has 98 valence electrons. The molecule has 2 fully saturated rings. The third-order valence-electron chi connectivity index (χ3n) is 4.60. The molecule has 0 amide bonds. The fourth-order valence-corrected chi connectivity index (χ4v) is 3.74. The van der Waals surface area contributed by atoms with E-state index in [1.807, 2.05) is 12.3 Å². The van der Waals surface area contributed by atoms with Gasteiger partial charge in [-0.25, -0.2) is 4.98 Å². The Morgan fingerprint density at radius 1 is 1.22 bits per heavy atom. The maximum Gasteiger partial charge on any atom is 0.133 e. The van der Waals surface area contributed by atoms with Gasteiger partial charge in [0.15, 0.2) is 0 Å². The minimum Gasteiger partial charge on any atom is -0.353 e. The number of aromatic nitrogens is 1. The van der Waals surface area contributed by atoms with Crippen molar-refractivity contribution in [1.82, 2.24) is 4.98 Å². The first-order valence-electron chi connectivity index (χ1n) is 7.31. The summed E-state index contributed by atoms with van der Waals surface area (Å²) in [4.78, 5) is 7.14. The first-order chi connectivity index (χ1) is 8.90. The van der Waals surface area contributed by atoms with Crippen molar-refractivity contribution < 1.29 is 0 Å². The summed E-state index contributed by atoms with van der Waals surface area (Å²) in [6, 6.07) is 4.83. The Morgan fingerprint density at radius 3 is 2.83 bits per heavy atom. The molecule has 1 aliphatic heterocycles. The monoisotopic (exact) mass is 245 g/mol. The van der Waals surface area contributed by atoms with E-state index in [1.54, 1.807) is 0 Å². The Labute approximate surface area is 109 Å². The Balaban J connectivity index is 1.85. The third-order valence-corrected chi connectivity index (χ3v) is 4.60. The molecule has 3 heteroatoms. The van der Waals surface area contributed by atoms with Crippen LogP contribution in [0.4, 0.5) is 5.82 Å². The zero-order valence-corrected chi connectivity index (χ0v) is 11.0. The van der Waals surface area contributed by atoms with Gasteiger partial charge < -0.3 is 10.6 Å². The summed E-state index contributed by atoms with van der Waals surface area (Å²) in [5, 5.41) is 0. The molecule has 0 spiro atoms. The van der Waals surface area contributed by atoms with Crippen molar-refractivity contribution >= 4 is 5.82 Å². The van der Waals surface area contributed by atoms with Crippen LogP contribution in [0, 0.1) is 5.92 Å². The molecule has 1 saturated heterocycles. The van der Waals surface area contributed by atoms with E-state index in [0.717, 1.165) is 18.3 Å². The van der Waals surface area contributed by atoms with E-state index in [4.69, 9.17) is 5.73 Å². The lowest BCUT2D eigenvalue weighted by Crippen LogP contribution is -2.36. The minimum atomic E-state index is 0.594. The molecule has 3 nitrogen and oxygen atoms in total. The molecule has 1 saturated carbocycles. The van der Waals surface area contributed by atoms with Crippen molar-refractivity contribution in [1.29, 1.82) is 0 Å². The molecule has 1 aromatic rings. The van der Waals surface area contributed by atoms with Crippen molar-refractivity contribution in [2.45, 2.75) is 51.1 Å². The van der Waals surface area contributed by atoms with Crippen molar-refractivity contribution in [2.24, 2.45) is 11.7 Å². The van der Waals surface area contributed by atoms with E-state index in [1.165, 1.54) is 44.1 Å². The molecule has 3 rings (SSSR count). The Hall–Kier alpha value is -1.09. The summed E-state index contributed by atoms with van der Waals surface area (Å²) < 4.78 is 0. The van der Waals surface area contributed by atoms with Crippen LogP contribution in [0.2, 0.25) is 0 Å². The number of nitrogens with two attached hydrogens (primary N) is 1. The maximum atomic E-state index is 5.85. The summed E-state index contributed by atoms with van der Waals surface area (Å²) in [6.07, 6.45) is 10.2. The fraction of sp³-hybridized carbons (Fsp3) is 0.667. The molecule has 1 aliphatic carbocycles. The number of nitrogens with zero attached hydrogens (tertiary/aromatic N) is 2. The minimum absolute atomic E-state index is 0.594. The number of pyridine rings is 1. The van der Waals surface area contributed by atoms with Crippen LogP contribution in [0.1, 0.15) is 44.1 Å². The van der Waals surface area contributed by atoms with Gasteiger partial charge in [0, 0.05) is 30.9 Å². The molecule has 0 bridgehead atoms. The fourth-order valence-electron chi connectivity index (χ4n) is 3.74. The molecule has 0 aromatic carbocycles. The standard InChI is InChI=1S/C15H23N3/c16-11-13-7-3-9-17-15(13)18-10-4-8-14(18)12-5-1-2-6-12/h3,7,9,12,14H,1-2,4-6,8,10-11,16H2. The third kappa shape index (κ3) is 2.12. The highest BCUT2D eigenvalue weighted by atomic mass is 15.2. The Kier molecular flexibility index (Phi) is 3.50. The number of hydrogen-bond donors (Lipinski definition) is 1. The second-order valence-corrected chi connectivity index (χ2v) is 5.64. The van der Waals surface area contributed by atoms with Crippen LogP contribution in [0.25, 0.3) is 0 Å². The van der Waals surface area contributed by atoms with Crippen molar-refractivity contribution in [2.75, 3.05) is 11.4 Å². The van der Waals surface area contributed by atoms with Gasteiger partial charge in [-0.1, -0.05) is 18.9 Å². The van der Waals surface area contributed by atoms with Crippen LogP contribution in [-0.2, 0) is 6.54 Å². The molecule has 1 aromatic heterocycles. The van der Waals surface area contributed by atoms with Gasteiger partial charge in [0.25, 0.3) is 0 Å². The van der Waals surface area contributed by atoms with Gasteiger partial charge in [0.05, 0.1) is 0 Å². The molecule has 0 radical (unpaired) electrons. The lowest BCUT2D eigenvalue weighted by molar-refractivity contribution is 0.428. The van der Waals surface area contributed by atoms with Gasteiger partial charge in [-0.3, -0.25) is 0 Å². The average Bonchev–Trinajstić information content (AvgIpc) is 3.09. The topological polar surface area (TPSA) is 42.1 Å². The second kappa shape index (κ2) is 5.27. The average molecular weight is 245 g/mol. The van der Waals surface area contributed by atoms with Crippen LogP contribution < -0.4 is 10.6 Å². The number of hydrogen-bond acceptors (Lipinski definition) is 3. The molecule has 1 atom stereocenters. The van der Waals surface area contributed by atoms with Gasteiger partial charge >= 0.3 is 0 Å². The highest BCUT2D eigenvalue weighted by molar-refractivity contribution is 5.48. The molecular formula is C15H23N3. The van der Waals surface area contributed by atoms with Crippen molar-refractivity contribution in [3.8, 4) is 0 Å². The van der Waals surface area contributed by atoms with Crippen molar-refractivity contribution in [3.63, 3.8) is 0 Å². The summed E-state index contributed by atoms with van der Waals surface area (Å²) in [7, 11) is 0. The zero-order chi connectivity index (χ0) is 12.4. The maximum absolute atomic E-state index is 5.85. The quantitative estimate of drug-likeness (QED) is 0.890. The van der Waals surface area contributed by atoms with Gasteiger partial charge in [0.1, 0.15) is 5.82 Å². The van der Waals surface area contributed by atoms with Crippen LogP contribution >= 0.6 is 0 Å². The van der Waals surface area contributed by atoms with Gasteiger partial charge in [0.2, 0.25) is 0 Å². The normalized spacial score (nSPS) is 24.9. The van der Waals surface area contributed by atoms with Gasteiger partial charge in [-0.15, -0.1) is 0 Å². The van der Waals surface area contributed by atoms with E-state index in [9.17, 15) is 0 Å². The summed E-state index contributed by atoms with van der Waals surface area (Å²) >= 11 is 0. The van der Waals surface area contributed by atoms with E-state index < -0.39 is 0 Å². The zero-order valence-electron chi connectivity index (χ0n) is 11.0. The molecular weight excluding hydrogens is 222 g/mol. The smallest absolute Gasteiger partial charge is 0.133 e. The summed E-state index contributed by atoms with van der Waals surface area (Å²) in [5.41, 5.74) is 7.05. The summed E-state index contributed by atoms with van der Waals surface area (Å²) in [6.45, 7) is 1.75. The predicted octanol–water partition coefficient (Wildman–Crippen LogP) is 2.70. The Morgan fingerprint density at radius 2 is 2.06 bits per heavy atom. The van der Waals surface area contributed by atoms with Gasteiger partial charge in [-0.2, -0.15) is 0 Å². The van der Waals surface area contributed by atoms with Crippen LogP contribution in [0.3, 0.4) is 0 Å². The highest BCUT2D eigenvalue weighted by Crippen LogP contribution is 2.37. The van der Waals surface area contributed by atoms with Crippen LogP contribution in [0.5, 0.6) is 0 Å². The molecule has 1 unspecified atom stereocenters. The molecule has 2 N–H and O–H groups in total. The first kappa shape index (κ1) is 12.0. The van der Waals surface area contributed by atoms with Crippen LogP contribution in [0.15, 0.2) is 18.3 Å². The lowest BCUT2D eigenvalue weighted by atomic mass is 9.96. The van der Waals surface area contributed by atoms with Crippen LogP contribution in [-0.4, -0.2) is 17.6 Å². The Bertz CT molecular complexity index is 398. The van der Waals surface area contributed by atoms with E-state index in [-0.39, 0.29) is 0 Å². The van der Waals surface area contributed by atoms with E-state index >= 15 is 0 Å². The highest BCUT2D eigenvalue weighted by Gasteiger charge is 2.34. The van der Waals surface area contributed by atoms with E-state index in [2.05, 4.69) is 16.0 Å². The predicted molar refractivity (Wildman–Crippen MR) is 74.5 cm³/mol. The van der Waals surface area contributed by atoms with Crippen molar-refractivity contribution in [3.05, 3.63) is 23.9 Å². The summed E-state index contributed by atoms with van der Waals surface area (Å²) in [5.74, 6) is 2.04. The largest absolute Gasteiger partial charge is 0.353 e. The van der Waals surface area contributed by atoms with E-state index in [0.29, 0.717) is 12.6 Å². The number of anilines is 1.